The number of nitrogens with zero attached hydrogens (tertiary/aromatic N) is 3. The second-order valence-electron chi connectivity index (χ2n) is 40.9. The Morgan fingerprint density at radius 2 is 0.504 bits per heavy atom. The van der Waals surface area contributed by atoms with Gasteiger partial charge in [0.05, 0.1) is 22.5 Å². The van der Waals surface area contributed by atoms with Crippen LogP contribution >= 0.6 is 0 Å². The maximum Gasteiger partial charge on any atom is 0.256 e. The van der Waals surface area contributed by atoms with Crippen molar-refractivity contribution in [2.45, 2.75) is 110 Å². The lowest BCUT2D eigenvalue weighted by Gasteiger charge is -2.47. The van der Waals surface area contributed by atoms with Crippen molar-refractivity contribution < 1.29 is 4.74 Å². The normalized spacial score (nSPS) is 13.8. The van der Waals surface area contributed by atoms with Crippen LogP contribution in [0.1, 0.15) is 128 Å². The fourth-order valence-electron chi connectivity index (χ4n) is 22.8. The lowest BCUT2D eigenvalue weighted by atomic mass is 9.30. The highest BCUT2D eigenvalue weighted by molar-refractivity contribution is 7.02. The zero-order chi connectivity index (χ0) is 88.9. The SMILES string of the molecule is CC(C)(C)c1cc(-c2ccccc2)c(N2c3ccccc3B3c4cc5c(cc4Oc4cc(-c6cccc7c6C6(c8ccccc8-c8ccccc86)c6ccccc6-7)cc2c43)N(c2c(-c3ccccc3)cc(C(C)(C)C)cc2-c2ccccc2)c2cc(C(C)(C)C)cc3c2B5c2ccccc2N3c2c(-c3ccccc3)cc(C(C)(C)C)cc2-c2ccccc2)c(-c2ccccc2)c1. The van der Waals surface area contributed by atoms with E-state index in [9.17, 15) is 0 Å². The largest absolute Gasteiger partial charge is 0.458 e. The van der Waals surface area contributed by atoms with Crippen molar-refractivity contribution in [1.29, 1.82) is 0 Å². The standard InChI is InChI=1S/C125H101B2N3O/c1-121(2,3)85-68-94(78-42-19-13-20-43-78)118(95(69-85)79-44-21-14-22-45-79)128-108-65-40-38-63-104(108)127-106-76-105-109(77-113(106)131-114-67-84(66-110(128)117(114)127)89-57-41-58-93-92-56-33-36-61-102(92)125(115(89)93)100-59-34-31-54-90(100)91-55-32-35-60-101(91)125)130(120-98(82-50-27-17-28-51-82)72-87(123(7,8)9)73-99(120)83-52-29-18-30-53-83)112-75-88(124(10,11)12)74-111-116(112)126(105)103-62-37-39-64-107(103)129(111)119-96(80-46-23-15-24-47-80)70-86(122(4,5)6)71-97(119)81-48-25-16-26-49-81/h13-77H,1-12H3. The summed E-state index contributed by atoms with van der Waals surface area (Å²) in [5.74, 6) is 1.64. The molecule has 4 heterocycles. The molecule has 6 heteroatoms. The predicted molar refractivity (Wildman–Crippen MR) is 555 cm³/mol. The van der Waals surface area contributed by atoms with Crippen LogP contribution in [0.4, 0.5) is 51.2 Å². The molecule has 0 amide bonds. The van der Waals surface area contributed by atoms with Crippen LogP contribution in [-0.2, 0) is 27.1 Å². The van der Waals surface area contributed by atoms with Crippen molar-refractivity contribution in [3.8, 4) is 112 Å². The molecule has 0 fully saturated rings. The molecule has 0 radical (unpaired) electrons. The molecule has 0 N–H and O–H groups in total. The first-order chi connectivity index (χ1) is 63.6. The smallest absolute Gasteiger partial charge is 0.256 e. The fourth-order valence-corrected chi connectivity index (χ4v) is 22.8. The molecular weight excluding hydrogens is 1580 g/mol. The van der Waals surface area contributed by atoms with E-state index in [2.05, 4.69) is 492 Å². The Bertz CT molecular complexity index is 7480. The van der Waals surface area contributed by atoms with Crippen molar-refractivity contribution in [1.82, 2.24) is 0 Å². The highest BCUT2D eigenvalue weighted by Gasteiger charge is 2.55. The van der Waals surface area contributed by atoms with Crippen molar-refractivity contribution in [3.63, 3.8) is 0 Å². The van der Waals surface area contributed by atoms with Crippen molar-refractivity contribution in [2.75, 3.05) is 14.7 Å². The molecule has 4 aliphatic heterocycles. The Kier molecular flexibility index (Phi) is 18.0. The third-order valence-corrected chi connectivity index (χ3v) is 29.1. The zero-order valence-electron chi connectivity index (χ0n) is 76.4. The third kappa shape index (κ3) is 12.3. The van der Waals surface area contributed by atoms with E-state index in [4.69, 9.17) is 4.74 Å². The molecule has 628 valence electrons. The van der Waals surface area contributed by atoms with E-state index < -0.39 is 5.41 Å². The summed E-state index contributed by atoms with van der Waals surface area (Å²) >= 11 is 0. The molecule has 0 atom stereocenters. The van der Waals surface area contributed by atoms with Gasteiger partial charge in [-0.3, -0.25) is 0 Å². The van der Waals surface area contributed by atoms with Gasteiger partial charge in [0.25, 0.3) is 13.4 Å². The van der Waals surface area contributed by atoms with Crippen LogP contribution in [0.3, 0.4) is 0 Å². The van der Waals surface area contributed by atoms with Crippen molar-refractivity contribution in [2.24, 2.45) is 0 Å². The molecule has 24 rings (SSSR count). The first-order valence-corrected chi connectivity index (χ1v) is 46.7. The average Bonchev–Trinajstić information content (AvgIpc) is 1.55. The molecule has 2 aliphatic carbocycles. The third-order valence-electron chi connectivity index (χ3n) is 29.1. The van der Waals surface area contributed by atoms with Crippen LogP contribution in [-0.4, -0.2) is 13.4 Å². The number of hydrogen-bond donors (Lipinski definition) is 0. The molecule has 0 saturated carbocycles. The molecule has 18 aromatic carbocycles. The van der Waals surface area contributed by atoms with E-state index >= 15 is 0 Å². The van der Waals surface area contributed by atoms with Crippen LogP contribution in [0.2, 0.25) is 0 Å². The number of anilines is 9. The highest BCUT2D eigenvalue weighted by Crippen LogP contribution is 2.66. The van der Waals surface area contributed by atoms with Gasteiger partial charge in [-0.1, -0.05) is 399 Å². The van der Waals surface area contributed by atoms with Gasteiger partial charge in [-0.25, -0.2) is 0 Å². The molecule has 0 bridgehead atoms. The Morgan fingerprint density at radius 1 is 0.206 bits per heavy atom. The minimum absolute atomic E-state index is 0.201. The van der Waals surface area contributed by atoms with Gasteiger partial charge in [0.1, 0.15) is 11.5 Å². The van der Waals surface area contributed by atoms with Crippen LogP contribution in [0.15, 0.2) is 394 Å². The maximum atomic E-state index is 8.53. The molecule has 0 saturated heterocycles. The predicted octanol–water partition coefficient (Wildman–Crippen LogP) is 29.4. The summed E-state index contributed by atoms with van der Waals surface area (Å²) < 4.78 is 8.53. The number of rotatable bonds is 10. The monoisotopic (exact) mass is 1680 g/mol. The lowest BCUT2D eigenvalue weighted by molar-refractivity contribution is 0.488. The lowest BCUT2D eigenvalue weighted by Crippen LogP contribution is -2.64. The Balaban J connectivity index is 0.844. The minimum atomic E-state index is -0.664. The van der Waals surface area contributed by atoms with E-state index in [1.54, 1.807) is 0 Å². The molecule has 18 aromatic rings. The second-order valence-corrected chi connectivity index (χ2v) is 40.9. The number of para-hydroxylation sites is 2. The molecule has 0 aromatic heterocycles. The van der Waals surface area contributed by atoms with Crippen LogP contribution in [0, 0.1) is 0 Å². The molecule has 131 heavy (non-hydrogen) atoms. The minimum Gasteiger partial charge on any atom is -0.458 e. The fraction of sp³-hybridized carbons (Fsp3) is 0.136. The Morgan fingerprint density at radius 3 is 0.878 bits per heavy atom. The summed E-state index contributed by atoms with van der Waals surface area (Å²) in [6.45, 7) is 27.8. The van der Waals surface area contributed by atoms with E-state index in [1.807, 2.05) is 0 Å². The van der Waals surface area contributed by atoms with Gasteiger partial charge >= 0.3 is 0 Å². The summed E-state index contributed by atoms with van der Waals surface area (Å²) in [5.41, 5.74) is 46.6. The molecule has 4 nitrogen and oxygen atoms in total. The van der Waals surface area contributed by atoms with Crippen molar-refractivity contribution in [3.05, 3.63) is 439 Å². The highest BCUT2D eigenvalue weighted by atomic mass is 16.5. The number of hydrogen-bond acceptors (Lipinski definition) is 4. The molecule has 0 unspecified atom stereocenters. The Hall–Kier alpha value is -14.7. The van der Waals surface area contributed by atoms with E-state index in [0.717, 1.165) is 140 Å². The van der Waals surface area contributed by atoms with Gasteiger partial charge in [0.15, 0.2) is 0 Å². The van der Waals surface area contributed by atoms with Gasteiger partial charge in [-0.05, 0) is 239 Å². The summed E-state index contributed by atoms with van der Waals surface area (Å²) in [6.07, 6.45) is 0. The average molecular weight is 1680 g/mol. The van der Waals surface area contributed by atoms with Crippen LogP contribution < -0.4 is 52.2 Å². The van der Waals surface area contributed by atoms with Gasteiger partial charge in [0, 0.05) is 73.6 Å². The first-order valence-electron chi connectivity index (χ1n) is 46.7. The number of benzene rings is 18. The van der Waals surface area contributed by atoms with Crippen molar-refractivity contribution >= 4 is 97.4 Å². The summed E-state index contributed by atoms with van der Waals surface area (Å²) in [4.78, 5) is 8.12. The van der Waals surface area contributed by atoms with E-state index in [0.29, 0.717) is 0 Å². The Labute approximate surface area is 772 Å². The summed E-state index contributed by atoms with van der Waals surface area (Å²) in [6, 6.07) is 151. The van der Waals surface area contributed by atoms with Crippen LogP contribution in [0.5, 0.6) is 11.5 Å². The number of ether oxygens (including phenoxy) is 1. The quantitative estimate of drug-likeness (QED) is 0.127. The first kappa shape index (κ1) is 79.7. The van der Waals surface area contributed by atoms with E-state index in [1.165, 1.54) is 99.7 Å². The summed E-state index contributed by atoms with van der Waals surface area (Å²) in [7, 11) is 0. The van der Waals surface area contributed by atoms with Gasteiger partial charge in [-0.15, -0.1) is 0 Å². The topological polar surface area (TPSA) is 19.0 Å². The van der Waals surface area contributed by atoms with Crippen LogP contribution in [0.25, 0.3) is 100 Å². The molecule has 6 aliphatic rings. The van der Waals surface area contributed by atoms with Gasteiger partial charge in [-0.2, -0.15) is 0 Å². The number of fused-ring (bicyclic) bond motifs is 18. The summed E-state index contributed by atoms with van der Waals surface area (Å²) in [5, 5.41) is 0. The molecular formula is C125H101B2N3O. The van der Waals surface area contributed by atoms with Gasteiger partial charge in [0.2, 0.25) is 0 Å². The zero-order valence-corrected chi connectivity index (χ0v) is 76.4. The van der Waals surface area contributed by atoms with E-state index in [-0.39, 0.29) is 35.1 Å². The van der Waals surface area contributed by atoms with Gasteiger partial charge < -0.3 is 19.4 Å². The second kappa shape index (κ2) is 29.7. The maximum absolute atomic E-state index is 8.53. The molecule has 1 spiro atoms.